The van der Waals surface area contributed by atoms with Gasteiger partial charge in [0.25, 0.3) is 5.56 Å². The zero-order valence-corrected chi connectivity index (χ0v) is 18.1. The van der Waals surface area contributed by atoms with Crippen molar-refractivity contribution in [2.45, 2.75) is 45.2 Å². The van der Waals surface area contributed by atoms with E-state index in [-0.39, 0.29) is 23.7 Å². The molecular weight excluding hydrogens is 390 g/mol. The minimum atomic E-state index is -0.349. The fourth-order valence-electron chi connectivity index (χ4n) is 3.54. The number of halogens is 1. The summed E-state index contributed by atoms with van der Waals surface area (Å²) in [6, 6.07) is 11.0. The molecule has 0 bridgehead atoms. The van der Waals surface area contributed by atoms with Gasteiger partial charge in [0, 0.05) is 26.7 Å². The molecule has 1 atom stereocenters. The van der Waals surface area contributed by atoms with E-state index in [1.54, 1.807) is 13.4 Å². The number of hydrogen-bond acceptors (Lipinski definition) is 4. The summed E-state index contributed by atoms with van der Waals surface area (Å²) in [5.74, 6) is 0. The lowest BCUT2D eigenvalue weighted by atomic mass is 10.1. The van der Waals surface area contributed by atoms with Crippen molar-refractivity contribution in [1.82, 2.24) is 24.0 Å². The van der Waals surface area contributed by atoms with E-state index >= 15 is 0 Å². The highest BCUT2D eigenvalue weighted by Gasteiger charge is 2.13. The highest BCUT2D eigenvalue weighted by atomic mass is 35.5. The average molecular weight is 420 g/mol. The van der Waals surface area contributed by atoms with Crippen LogP contribution in [0.3, 0.4) is 0 Å². The molecule has 0 aliphatic carbocycles. The molecular formula is C21H30ClN5O2. The third-order valence-electron chi connectivity index (χ3n) is 5.17. The highest BCUT2D eigenvalue weighted by Crippen LogP contribution is 2.08. The summed E-state index contributed by atoms with van der Waals surface area (Å²) in [4.78, 5) is 28.7. The molecule has 1 aromatic carbocycles. The number of fused-ring (bicyclic) bond motifs is 1. The molecule has 1 N–H and O–H groups in total. The van der Waals surface area contributed by atoms with Crippen LogP contribution in [0.5, 0.6) is 0 Å². The van der Waals surface area contributed by atoms with Crippen molar-refractivity contribution in [1.29, 1.82) is 0 Å². The molecule has 2 heterocycles. The van der Waals surface area contributed by atoms with Crippen LogP contribution in [-0.2, 0) is 27.1 Å². The molecule has 0 saturated heterocycles. The maximum atomic E-state index is 12.4. The minimum Gasteiger partial charge on any atom is -0.325 e. The molecule has 0 radical (unpaired) electrons. The molecule has 0 amide bonds. The Morgan fingerprint density at radius 3 is 2.48 bits per heavy atom. The SMILES string of the molecule is CC(Cc1ccccc1)NCCCCCn1cnc2c1c(=O)n(C)c(=O)n2C.Cl. The van der Waals surface area contributed by atoms with E-state index in [4.69, 9.17) is 0 Å². The third kappa shape index (κ3) is 5.36. The molecule has 3 aromatic rings. The number of nitrogens with one attached hydrogen (secondary N) is 1. The van der Waals surface area contributed by atoms with Crippen LogP contribution in [0.25, 0.3) is 11.2 Å². The van der Waals surface area contributed by atoms with Crippen molar-refractivity contribution in [3.63, 3.8) is 0 Å². The summed E-state index contributed by atoms with van der Waals surface area (Å²) in [6.45, 7) is 3.92. The van der Waals surface area contributed by atoms with Gasteiger partial charge < -0.3 is 9.88 Å². The Morgan fingerprint density at radius 1 is 1.03 bits per heavy atom. The number of hydrogen-bond donors (Lipinski definition) is 1. The van der Waals surface area contributed by atoms with Gasteiger partial charge in [-0.25, -0.2) is 9.78 Å². The standard InChI is InChI=1S/C21H29N5O2.ClH/c1-16(14-17-10-6-4-7-11-17)22-12-8-5-9-13-26-15-23-19-18(26)20(27)25(3)21(28)24(19)2;/h4,6-7,10-11,15-16,22H,5,8-9,12-14H2,1-3H3;1H. The summed E-state index contributed by atoms with van der Waals surface area (Å²) >= 11 is 0. The van der Waals surface area contributed by atoms with E-state index in [0.29, 0.717) is 17.2 Å². The van der Waals surface area contributed by atoms with Crippen molar-refractivity contribution < 1.29 is 0 Å². The van der Waals surface area contributed by atoms with Crippen LogP contribution >= 0.6 is 12.4 Å². The predicted molar refractivity (Wildman–Crippen MR) is 119 cm³/mol. The number of nitrogens with zero attached hydrogens (tertiary/aromatic N) is 4. The second kappa shape index (κ2) is 10.4. The zero-order valence-electron chi connectivity index (χ0n) is 17.3. The summed E-state index contributed by atoms with van der Waals surface area (Å²) < 4.78 is 4.42. The van der Waals surface area contributed by atoms with Crippen molar-refractivity contribution in [2.24, 2.45) is 14.1 Å². The lowest BCUT2D eigenvalue weighted by Gasteiger charge is -2.14. The molecule has 0 spiro atoms. The van der Waals surface area contributed by atoms with Crippen molar-refractivity contribution in [3.05, 3.63) is 63.1 Å². The van der Waals surface area contributed by atoms with Gasteiger partial charge in [0.05, 0.1) is 6.33 Å². The fourth-order valence-corrected chi connectivity index (χ4v) is 3.54. The number of imidazole rings is 1. The van der Waals surface area contributed by atoms with Crippen LogP contribution in [0, 0.1) is 0 Å². The molecule has 158 valence electrons. The average Bonchev–Trinajstić information content (AvgIpc) is 3.12. The summed E-state index contributed by atoms with van der Waals surface area (Å²) in [5.41, 5.74) is 1.67. The Bertz CT molecular complexity index is 1040. The minimum absolute atomic E-state index is 0. The van der Waals surface area contributed by atoms with Gasteiger partial charge in [0.15, 0.2) is 11.2 Å². The van der Waals surface area contributed by atoms with Crippen molar-refractivity contribution >= 4 is 23.6 Å². The van der Waals surface area contributed by atoms with Gasteiger partial charge in [0.2, 0.25) is 0 Å². The van der Waals surface area contributed by atoms with E-state index < -0.39 is 0 Å². The van der Waals surface area contributed by atoms with Gasteiger partial charge in [-0.05, 0) is 38.3 Å². The molecule has 29 heavy (non-hydrogen) atoms. The Hall–Kier alpha value is -2.38. The van der Waals surface area contributed by atoms with Gasteiger partial charge in [-0.15, -0.1) is 12.4 Å². The molecule has 0 saturated carbocycles. The van der Waals surface area contributed by atoms with Crippen LogP contribution in [0.1, 0.15) is 31.7 Å². The Labute approximate surface area is 176 Å². The second-order valence-corrected chi connectivity index (χ2v) is 7.42. The normalized spacial score (nSPS) is 12.1. The van der Waals surface area contributed by atoms with Gasteiger partial charge in [-0.3, -0.25) is 13.9 Å². The van der Waals surface area contributed by atoms with Gasteiger partial charge in [-0.2, -0.15) is 0 Å². The molecule has 8 heteroatoms. The van der Waals surface area contributed by atoms with Crippen LogP contribution < -0.4 is 16.6 Å². The van der Waals surface area contributed by atoms with E-state index in [1.165, 1.54) is 17.2 Å². The first-order valence-electron chi connectivity index (χ1n) is 9.87. The fraction of sp³-hybridized carbons (Fsp3) is 0.476. The van der Waals surface area contributed by atoms with Gasteiger partial charge >= 0.3 is 5.69 Å². The molecule has 0 aliphatic heterocycles. The van der Waals surface area contributed by atoms with Crippen LogP contribution in [-0.4, -0.2) is 31.3 Å². The van der Waals surface area contributed by atoms with Gasteiger partial charge in [0.1, 0.15) is 0 Å². The van der Waals surface area contributed by atoms with Crippen molar-refractivity contribution in [3.8, 4) is 0 Å². The maximum absolute atomic E-state index is 12.4. The van der Waals surface area contributed by atoms with Crippen LogP contribution in [0.4, 0.5) is 0 Å². The smallest absolute Gasteiger partial charge is 0.325 e. The molecule has 2 aromatic heterocycles. The first kappa shape index (κ1) is 22.9. The molecule has 1 unspecified atom stereocenters. The number of rotatable bonds is 9. The molecule has 3 rings (SSSR count). The van der Waals surface area contributed by atoms with E-state index in [2.05, 4.69) is 41.5 Å². The second-order valence-electron chi connectivity index (χ2n) is 7.42. The molecule has 7 nitrogen and oxygen atoms in total. The van der Waals surface area contributed by atoms with Gasteiger partial charge in [-0.1, -0.05) is 36.8 Å². The predicted octanol–water partition coefficient (Wildman–Crippen LogP) is 2.25. The topological polar surface area (TPSA) is 73.8 Å². The maximum Gasteiger partial charge on any atom is 0.332 e. The zero-order chi connectivity index (χ0) is 20.1. The van der Waals surface area contributed by atoms with E-state index in [0.717, 1.165) is 43.3 Å². The van der Waals surface area contributed by atoms with Crippen LogP contribution in [0.15, 0.2) is 46.2 Å². The van der Waals surface area contributed by atoms with E-state index in [1.807, 2.05) is 10.6 Å². The van der Waals surface area contributed by atoms with E-state index in [9.17, 15) is 9.59 Å². The monoisotopic (exact) mass is 419 g/mol. The molecule has 0 fully saturated rings. The third-order valence-corrected chi connectivity index (χ3v) is 5.17. The largest absolute Gasteiger partial charge is 0.332 e. The molecule has 0 aliphatic rings. The number of aryl methyl sites for hydroxylation is 2. The highest BCUT2D eigenvalue weighted by molar-refractivity contribution is 5.85. The van der Waals surface area contributed by atoms with Crippen molar-refractivity contribution in [2.75, 3.05) is 6.54 Å². The summed E-state index contributed by atoms with van der Waals surface area (Å²) in [5, 5.41) is 3.57. The Kier molecular flexibility index (Phi) is 8.22. The Morgan fingerprint density at radius 2 is 1.76 bits per heavy atom. The number of unbranched alkanes of at least 4 members (excludes halogenated alkanes) is 2. The van der Waals surface area contributed by atoms with Crippen LogP contribution in [0.2, 0.25) is 0 Å². The lowest BCUT2D eigenvalue weighted by molar-refractivity contribution is 0.508. The first-order valence-corrected chi connectivity index (χ1v) is 9.87. The summed E-state index contributed by atoms with van der Waals surface area (Å²) in [7, 11) is 3.15. The summed E-state index contributed by atoms with van der Waals surface area (Å²) in [6.07, 6.45) is 5.81. The quantitative estimate of drug-likeness (QED) is 0.540. The lowest BCUT2D eigenvalue weighted by Crippen LogP contribution is -2.37. The Balaban J connectivity index is 0.00000300. The number of benzene rings is 1. The first-order chi connectivity index (χ1) is 13.5. The number of aromatic nitrogens is 4.